The van der Waals surface area contributed by atoms with Gasteiger partial charge in [-0.15, -0.1) is 0 Å². The number of esters is 2. The van der Waals surface area contributed by atoms with E-state index in [0.29, 0.717) is 17.7 Å². The molecule has 2 aromatic heterocycles. The molecule has 0 aliphatic heterocycles. The first-order valence-electron chi connectivity index (χ1n) is 10.4. The van der Waals surface area contributed by atoms with Crippen LogP contribution in [0, 0.1) is 10.8 Å². The van der Waals surface area contributed by atoms with Gasteiger partial charge in [0.05, 0.1) is 23.8 Å². The van der Waals surface area contributed by atoms with Gasteiger partial charge in [-0.3, -0.25) is 23.2 Å². The van der Waals surface area contributed by atoms with Crippen LogP contribution in [-0.2, 0) is 44.0 Å². The van der Waals surface area contributed by atoms with E-state index in [1.807, 2.05) is 0 Å². The Morgan fingerprint density at radius 2 is 1.47 bits per heavy atom. The second kappa shape index (κ2) is 13.6. The molecule has 0 aliphatic rings. The minimum absolute atomic E-state index is 0. The second-order valence-corrected chi connectivity index (χ2v) is 11.4. The topological polar surface area (TPSA) is 230 Å². The third kappa shape index (κ3) is 9.76. The Kier molecular flexibility index (Phi) is 12.6. The summed E-state index contributed by atoms with van der Waals surface area (Å²) in [6, 6.07) is 0. The maximum Gasteiger partial charge on any atom is 0.361 e. The van der Waals surface area contributed by atoms with Gasteiger partial charge < -0.3 is 35.5 Å². The van der Waals surface area contributed by atoms with Crippen molar-refractivity contribution in [1.29, 1.82) is 0 Å². The van der Waals surface area contributed by atoms with Crippen LogP contribution in [0.5, 0.6) is 0 Å². The molecule has 0 fully saturated rings. The zero-order valence-electron chi connectivity index (χ0n) is 21.3. The average molecular weight is 538 g/mol. The highest BCUT2D eigenvalue weighted by molar-refractivity contribution is 7.53. The Hall–Kier alpha value is -2.68. The molecule has 0 aromatic carbocycles. The monoisotopic (exact) mass is 537 g/mol. The van der Waals surface area contributed by atoms with Crippen molar-refractivity contribution in [2.24, 2.45) is 10.8 Å². The van der Waals surface area contributed by atoms with Gasteiger partial charge in [-0.2, -0.15) is 0 Å². The Labute approximate surface area is 208 Å². The molecule has 0 saturated carbocycles. The lowest BCUT2D eigenvalue weighted by Crippen LogP contribution is -2.25. The van der Waals surface area contributed by atoms with E-state index in [-0.39, 0.29) is 23.4 Å². The summed E-state index contributed by atoms with van der Waals surface area (Å²) in [7, 11) is -3.95. The van der Waals surface area contributed by atoms with E-state index in [2.05, 4.69) is 15.0 Å². The summed E-state index contributed by atoms with van der Waals surface area (Å²) in [6.07, 6.45) is 2.38. The Balaban J connectivity index is 0.00000612. The third-order valence-corrected chi connectivity index (χ3v) is 5.76. The minimum Gasteiger partial charge on any atom is -0.438 e. The van der Waals surface area contributed by atoms with Gasteiger partial charge in [-0.1, -0.05) is 0 Å². The van der Waals surface area contributed by atoms with E-state index in [4.69, 9.17) is 29.0 Å². The van der Waals surface area contributed by atoms with Gasteiger partial charge in [0.2, 0.25) is 13.6 Å². The summed E-state index contributed by atoms with van der Waals surface area (Å²) < 4.78 is 40.7. The molecule has 0 spiro atoms. The first-order valence-corrected chi connectivity index (χ1v) is 12.2. The van der Waals surface area contributed by atoms with Crippen LogP contribution in [0.25, 0.3) is 11.2 Å². The number of rotatable bonds is 11. The molecule has 2 aromatic rings. The number of nitrogens with two attached hydrogens (primary N) is 1. The molecule has 6 N–H and O–H groups in total. The molecule has 0 radical (unpaired) electrons. The quantitative estimate of drug-likeness (QED) is 0.183. The van der Waals surface area contributed by atoms with Crippen LogP contribution in [0.2, 0.25) is 0 Å². The van der Waals surface area contributed by atoms with Gasteiger partial charge in [0, 0.05) is 6.54 Å². The van der Waals surface area contributed by atoms with Gasteiger partial charge in [-0.25, -0.2) is 15.0 Å². The van der Waals surface area contributed by atoms with Gasteiger partial charge in [0.25, 0.3) is 0 Å². The first kappa shape index (κ1) is 33.3. The summed E-state index contributed by atoms with van der Waals surface area (Å²) in [5.41, 5.74) is 5.21. The number of fused-ring (bicyclic) bond motifs is 1. The van der Waals surface area contributed by atoms with Gasteiger partial charge in [0.15, 0.2) is 11.5 Å². The van der Waals surface area contributed by atoms with E-state index in [9.17, 15) is 14.2 Å². The fourth-order valence-corrected chi connectivity index (χ4v) is 3.27. The normalized spacial score (nSPS) is 11.9. The summed E-state index contributed by atoms with van der Waals surface area (Å²) in [6.45, 7) is 9.16. The summed E-state index contributed by atoms with van der Waals surface area (Å²) in [4.78, 5) is 36.0. The van der Waals surface area contributed by atoms with Crippen LogP contribution in [-0.4, -0.2) is 69.0 Å². The van der Waals surface area contributed by atoms with E-state index >= 15 is 0 Å². The molecular weight excluding hydrogens is 501 g/mol. The highest BCUT2D eigenvalue weighted by Gasteiger charge is 2.30. The van der Waals surface area contributed by atoms with E-state index < -0.39 is 50.3 Å². The molecule has 0 saturated heterocycles. The number of imidazole rings is 1. The first-order chi connectivity index (χ1) is 15.7. The van der Waals surface area contributed by atoms with Gasteiger partial charge in [0.1, 0.15) is 18.2 Å². The fourth-order valence-electron chi connectivity index (χ4n) is 2.27. The fraction of sp³-hybridized carbons (Fsp3) is 0.650. The Morgan fingerprint density at radius 3 is 1.97 bits per heavy atom. The van der Waals surface area contributed by atoms with Crippen molar-refractivity contribution in [2.75, 3.05) is 32.3 Å². The molecule has 0 amide bonds. The molecule has 0 bridgehead atoms. The number of anilines is 1. The number of nitrogens with zero attached hydrogens (tertiary/aromatic N) is 4. The highest BCUT2D eigenvalue weighted by atomic mass is 31.2. The summed E-state index contributed by atoms with van der Waals surface area (Å²) >= 11 is 0. The van der Waals surface area contributed by atoms with Crippen LogP contribution in [0.4, 0.5) is 5.82 Å². The van der Waals surface area contributed by atoms with Gasteiger partial charge >= 0.3 is 19.5 Å². The molecule has 2 rings (SSSR count). The number of hydrogen-bond acceptors (Lipinski definition) is 12. The highest BCUT2D eigenvalue weighted by Crippen LogP contribution is 2.48. The molecule has 2 heterocycles. The lowest BCUT2D eigenvalue weighted by Gasteiger charge is -2.22. The zero-order valence-corrected chi connectivity index (χ0v) is 22.2. The maximum atomic E-state index is 13.1. The molecule has 0 atom stereocenters. The largest absolute Gasteiger partial charge is 0.438 e. The van der Waals surface area contributed by atoms with Crippen molar-refractivity contribution in [1.82, 2.24) is 19.5 Å². The number of aromatic nitrogens is 4. The SMILES string of the molecule is CC(C)(C)C(=O)OCOP(=O)(COCCn1cnc2c(N)ncnc21)OCOC(=O)C(C)(C)C.O.O. The van der Waals surface area contributed by atoms with Crippen molar-refractivity contribution < 1.29 is 48.4 Å². The number of nitrogen functional groups attached to an aromatic ring is 1. The molecule has 0 unspecified atom stereocenters. The van der Waals surface area contributed by atoms with Crippen LogP contribution >= 0.6 is 7.60 Å². The Bertz CT molecular complexity index is 1010. The lowest BCUT2D eigenvalue weighted by molar-refractivity contribution is -0.162. The van der Waals surface area contributed by atoms with Crippen LogP contribution < -0.4 is 5.73 Å². The zero-order chi connectivity index (χ0) is 25.6. The molecular formula is C20H36N5O10P. The molecule has 36 heavy (non-hydrogen) atoms. The van der Waals surface area contributed by atoms with Crippen LogP contribution in [0.3, 0.4) is 0 Å². The predicted octanol–water partition coefficient (Wildman–Crippen LogP) is 1.05. The van der Waals surface area contributed by atoms with Crippen LogP contribution in [0.15, 0.2) is 12.7 Å². The molecule has 206 valence electrons. The minimum atomic E-state index is -3.95. The van der Waals surface area contributed by atoms with E-state index in [1.165, 1.54) is 12.7 Å². The van der Waals surface area contributed by atoms with Crippen molar-refractivity contribution in [3.8, 4) is 0 Å². The van der Waals surface area contributed by atoms with Gasteiger partial charge in [-0.05, 0) is 41.5 Å². The summed E-state index contributed by atoms with van der Waals surface area (Å²) in [5, 5.41) is 0. The van der Waals surface area contributed by atoms with Crippen molar-refractivity contribution in [2.45, 2.75) is 48.1 Å². The van der Waals surface area contributed by atoms with E-state index in [1.54, 1.807) is 46.1 Å². The second-order valence-electron chi connectivity index (χ2n) is 9.37. The standard InChI is InChI=1S/C20H32N5O8P.2H2O/c1-19(2,3)17(26)30-11-32-34(28,33-12-31-18(27)20(4,5)6)13-29-8-7-25-10-24-14-15(21)22-9-23-16(14)25;;/h9-10H,7-8,11-13H2,1-6H3,(H2,21,22,23);2*1H2. The maximum absolute atomic E-state index is 13.1. The van der Waals surface area contributed by atoms with Crippen molar-refractivity contribution in [3.63, 3.8) is 0 Å². The van der Waals surface area contributed by atoms with E-state index in [0.717, 1.165) is 0 Å². The number of carbonyl (C=O) groups excluding carboxylic acids is 2. The Morgan fingerprint density at radius 1 is 0.944 bits per heavy atom. The van der Waals surface area contributed by atoms with Crippen LogP contribution in [0.1, 0.15) is 41.5 Å². The number of carbonyl (C=O) groups is 2. The molecule has 0 aliphatic carbocycles. The summed E-state index contributed by atoms with van der Waals surface area (Å²) in [5.74, 6) is -0.842. The number of ether oxygens (including phenoxy) is 3. The van der Waals surface area contributed by atoms with Crippen molar-refractivity contribution in [3.05, 3.63) is 12.7 Å². The molecule has 16 heteroatoms. The lowest BCUT2D eigenvalue weighted by atomic mass is 9.98. The predicted molar refractivity (Wildman–Crippen MR) is 128 cm³/mol. The smallest absolute Gasteiger partial charge is 0.361 e. The average Bonchev–Trinajstić information content (AvgIpc) is 3.14. The van der Waals surface area contributed by atoms with Crippen molar-refractivity contribution >= 4 is 36.5 Å². The third-order valence-electron chi connectivity index (χ3n) is 4.26. The molecule has 15 nitrogen and oxygen atoms in total. The number of hydrogen-bond donors (Lipinski definition) is 1.